The first-order valence-corrected chi connectivity index (χ1v) is 6.24. The molecule has 0 aliphatic carbocycles. The maximum atomic E-state index is 3.84. The number of hydrogen-bond acceptors (Lipinski definition) is 2. The molecule has 0 heterocycles. The Hall–Kier alpha value is -0.340. The average molecular weight is 212 g/mol. The number of nitrogens with one attached hydrogen (secondary N) is 1. The van der Waals surface area contributed by atoms with Crippen molar-refractivity contribution in [3.05, 3.63) is 12.7 Å². The van der Waals surface area contributed by atoms with Gasteiger partial charge in [0.05, 0.1) is 0 Å². The Balaban J connectivity index is 4.29. The predicted octanol–water partition coefficient (Wildman–Crippen LogP) is 2.66. The van der Waals surface area contributed by atoms with Gasteiger partial charge in [-0.05, 0) is 26.8 Å². The van der Waals surface area contributed by atoms with Crippen LogP contribution in [0.25, 0.3) is 0 Å². The summed E-state index contributed by atoms with van der Waals surface area (Å²) in [6.07, 6.45) is 4.52. The zero-order valence-electron chi connectivity index (χ0n) is 10.9. The first-order chi connectivity index (χ1) is 7.17. The summed E-state index contributed by atoms with van der Waals surface area (Å²) in [7, 11) is 0. The molecule has 0 aromatic carbocycles. The minimum atomic E-state index is 0.596. The van der Waals surface area contributed by atoms with Crippen molar-refractivity contribution in [1.29, 1.82) is 0 Å². The lowest BCUT2D eigenvalue weighted by molar-refractivity contribution is 0.159. The van der Waals surface area contributed by atoms with Crippen LogP contribution in [0.1, 0.15) is 40.5 Å². The lowest BCUT2D eigenvalue weighted by Gasteiger charge is -2.34. The van der Waals surface area contributed by atoms with Gasteiger partial charge in [-0.1, -0.05) is 26.3 Å². The Morgan fingerprint density at radius 3 is 2.40 bits per heavy atom. The van der Waals surface area contributed by atoms with Gasteiger partial charge in [-0.2, -0.15) is 0 Å². The third-order valence-corrected chi connectivity index (χ3v) is 2.72. The molecular weight excluding hydrogens is 184 g/mol. The van der Waals surface area contributed by atoms with Crippen molar-refractivity contribution in [3.8, 4) is 0 Å². The molecule has 0 radical (unpaired) electrons. The molecule has 0 aliphatic rings. The fourth-order valence-corrected chi connectivity index (χ4v) is 1.96. The van der Waals surface area contributed by atoms with E-state index in [1.165, 1.54) is 12.8 Å². The van der Waals surface area contributed by atoms with Crippen molar-refractivity contribution in [2.75, 3.05) is 19.6 Å². The second-order valence-corrected chi connectivity index (χ2v) is 4.33. The highest BCUT2D eigenvalue weighted by Gasteiger charge is 2.18. The molecule has 90 valence electrons. The lowest BCUT2D eigenvalue weighted by atomic mass is 10.1. The number of hydrogen-bond donors (Lipinski definition) is 1. The molecular formula is C13H28N2. The van der Waals surface area contributed by atoms with Gasteiger partial charge in [0.2, 0.25) is 0 Å². The molecule has 0 spiro atoms. The minimum Gasteiger partial charge on any atom is -0.315 e. The average Bonchev–Trinajstić information content (AvgIpc) is 2.21. The molecule has 2 heteroatoms. The molecule has 1 N–H and O–H groups in total. The van der Waals surface area contributed by atoms with Crippen LogP contribution in [0.3, 0.4) is 0 Å². The highest BCUT2D eigenvalue weighted by atomic mass is 15.2. The summed E-state index contributed by atoms with van der Waals surface area (Å²) in [6.45, 7) is 15.9. The van der Waals surface area contributed by atoms with Crippen LogP contribution in [-0.2, 0) is 0 Å². The third-order valence-electron chi connectivity index (χ3n) is 2.72. The van der Waals surface area contributed by atoms with E-state index in [4.69, 9.17) is 0 Å². The molecule has 1 atom stereocenters. The van der Waals surface area contributed by atoms with Gasteiger partial charge in [0.25, 0.3) is 0 Å². The van der Waals surface area contributed by atoms with Crippen molar-refractivity contribution in [2.24, 2.45) is 0 Å². The van der Waals surface area contributed by atoms with E-state index < -0.39 is 0 Å². The molecule has 2 nitrogen and oxygen atoms in total. The Morgan fingerprint density at radius 2 is 2.00 bits per heavy atom. The van der Waals surface area contributed by atoms with Crippen LogP contribution < -0.4 is 5.32 Å². The smallest absolute Gasteiger partial charge is 0.0226 e. The van der Waals surface area contributed by atoms with E-state index in [0.717, 1.165) is 19.6 Å². The maximum Gasteiger partial charge on any atom is 0.0226 e. The first kappa shape index (κ1) is 14.7. The van der Waals surface area contributed by atoms with Gasteiger partial charge in [0.1, 0.15) is 0 Å². The van der Waals surface area contributed by atoms with E-state index in [9.17, 15) is 0 Å². The molecule has 0 bridgehead atoms. The Bertz CT molecular complexity index is 155. The second kappa shape index (κ2) is 8.93. The molecule has 0 rings (SSSR count). The topological polar surface area (TPSA) is 15.3 Å². The van der Waals surface area contributed by atoms with Crippen LogP contribution >= 0.6 is 0 Å². The zero-order chi connectivity index (χ0) is 11.7. The highest BCUT2D eigenvalue weighted by molar-refractivity contribution is 4.82. The molecule has 0 aromatic rings. The first-order valence-electron chi connectivity index (χ1n) is 6.24. The summed E-state index contributed by atoms with van der Waals surface area (Å²) >= 11 is 0. The summed E-state index contributed by atoms with van der Waals surface area (Å²) in [4.78, 5) is 2.53. The molecule has 0 saturated heterocycles. The van der Waals surface area contributed by atoms with Crippen LogP contribution in [0.15, 0.2) is 12.7 Å². The molecule has 0 saturated carbocycles. The Morgan fingerprint density at radius 1 is 1.33 bits per heavy atom. The van der Waals surface area contributed by atoms with Crippen LogP contribution in [-0.4, -0.2) is 36.6 Å². The van der Waals surface area contributed by atoms with Crippen LogP contribution in [0.5, 0.6) is 0 Å². The molecule has 1 unspecified atom stereocenters. The van der Waals surface area contributed by atoms with Gasteiger partial charge in [0.15, 0.2) is 0 Å². The largest absolute Gasteiger partial charge is 0.315 e. The SMILES string of the molecule is C=CCN(C(C)C)C(CCC)CNCC. The van der Waals surface area contributed by atoms with Crippen molar-refractivity contribution in [3.63, 3.8) is 0 Å². The number of rotatable bonds is 9. The van der Waals surface area contributed by atoms with E-state index in [1.54, 1.807) is 0 Å². The summed E-state index contributed by atoms with van der Waals surface area (Å²) in [5.74, 6) is 0. The normalized spacial score (nSPS) is 13.5. The third kappa shape index (κ3) is 5.95. The number of likely N-dealkylation sites (N-methyl/N-ethyl adjacent to an activating group) is 1. The summed E-state index contributed by atoms with van der Waals surface area (Å²) < 4.78 is 0. The van der Waals surface area contributed by atoms with Crippen molar-refractivity contribution < 1.29 is 0 Å². The predicted molar refractivity (Wildman–Crippen MR) is 69.3 cm³/mol. The van der Waals surface area contributed by atoms with Gasteiger partial charge >= 0.3 is 0 Å². The van der Waals surface area contributed by atoms with E-state index >= 15 is 0 Å². The zero-order valence-corrected chi connectivity index (χ0v) is 10.9. The monoisotopic (exact) mass is 212 g/mol. The molecule has 0 aliphatic heterocycles. The number of nitrogens with zero attached hydrogens (tertiary/aromatic N) is 1. The van der Waals surface area contributed by atoms with E-state index in [-0.39, 0.29) is 0 Å². The fraction of sp³-hybridized carbons (Fsp3) is 0.846. The van der Waals surface area contributed by atoms with Crippen LogP contribution in [0.2, 0.25) is 0 Å². The van der Waals surface area contributed by atoms with Crippen molar-refractivity contribution in [1.82, 2.24) is 10.2 Å². The standard InChI is InChI=1S/C13H28N2/c1-6-9-13(11-14-8-3)15(10-7-2)12(4)5/h7,12-14H,2,6,8-11H2,1,3-5H3. The van der Waals surface area contributed by atoms with Gasteiger partial charge in [-0.3, -0.25) is 4.90 Å². The molecule has 15 heavy (non-hydrogen) atoms. The van der Waals surface area contributed by atoms with Crippen molar-refractivity contribution in [2.45, 2.75) is 52.6 Å². The van der Waals surface area contributed by atoms with Crippen LogP contribution in [0.4, 0.5) is 0 Å². The lowest BCUT2D eigenvalue weighted by Crippen LogP contribution is -2.46. The summed E-state index contributed by atoms with van der Waals surface area (Å²) in [5.41, 5.74) is 0. The van der Waals surface area contributed by atoms with Gasteiger partial charge in [-0.25, -0.2) is 0 Å². The molecule has 0 aromatic heterocycles. The van der Waals surface area contributed by atoms with Gasteiger partial charge in [-0.15, -0.1) is 6.58 Å². The maximum absolute atomic E-state index is 3.84. The quantitative estimate of drug-likeness (QED) is 0.591. The Kier molecular flexibility index (Phi) is 8.73. The minimum absolute atomic E-state index is 0.596. The Labute approximate surface area is 95.7 Å². The van der Waals surface area contributed by atoms with Gasteiger partial charge in [0, 0.05) is 25.2 Å². The highest BCUT2D eigenvalue weighted by Crippen LogP contribution is 2.10. The fourth-order valence-electron chi connectivity index (χ4n) is 1.96. The van der Waals surface area contributed by atoms with Crippen molar-refractivity contribution >= 4 is 0 Å². The summed E-state index contributed by atoms with van der Waals surface area (Å²) in [6, 6.07) is 1.24. The summed E-state index contributed by atoms with van der Waals surface area (Å²) in [5, 5.41) is 3.45. The molecule has 0 fully saturated rings. The van der Waals surface area contributed by atoms with E-state index in [0.29, 0.717) is 12.1 Å². The second-order valence-electron chi connectivity index (χ2n) is 4.33. The van der Waals surface area contributed by atoms with E-state index in [2.05, 4.69) is 44.5 Å². The van der Waals surface area contributed by atoms with Gasteiger partial charge < -0.3 is 5.32 Å². The van der Waals surface area contributed by atoms with E-state index in [1.807, 2.05) is 6.08 Å². The molecule has 0 amide bonds. The van der Waals surface area contributed by atoms with Crippen LogP contribution in [0, 0.1) is 0 Å².